The molecule has 0 bridgehead atoms. The molecule has 8 rings (SSSR count). The predicted molar refractivity (Wildman–Crippen MR) is 187 cm³/mol. The Morgan fingerprint density at radius 3 is 0.902 bits per heavy atom. The molecule has 4 aromatic rings. The summed E-state index contributed by atoms with van der Waals surface area (Å²) in [6.45, 7) is 0. The summed E-state index contributed by atoms with van der Waals surface area (Å²) in [5.74, 6) is 0. The highest BCUT2D eigenvalue weighted by atomic mass is 32.4. The van der Waals surface area contributed by atoms with Gasteiger partial charge in [-0.3, -0.25) is 0 Å². The Kier molecular flexibility index (Phi) is 6.42. The molecule has 0 radical (unpaired) electrons. The van der Waals surface area contributed by atoms with Gasteiger partial charge in [-0.2, -0.15) is 43.6 Å². The predicted octanol–water partition coefficient (Wildman–Crippen LogP) is 9.15. The standard InChI is InChI=1S/C34H30O2S5/c35-41(36,33(37-21-17-25-9-1-5-13-29(25)37)38-22-18-26-10-2-6-14-30(26)38)34(39-23-19-27-11-3-7-15-31(27)39)40-24-20-28-12-4-8-16-32(28)40/h1-24,33-34,37-40H. The second-order valence-electron chi connectivity index (χ2n) is 10.4. The lowest BCUT2D eigenvalue weighted by molar-refractivity contribution is 0.602. The van der Waals surface area contributed by atoms with E-state index in [0.29, 0.717) is 0 Å². The zero-order valence-electron chi connectivity index (χ0n) is 22.0. The molecule has 4 unspecified atom stereocenters. The SMILES string of the molecule is O=S(=O)(C([SH]1C=Cc2ccccc21)[SH]1C=Cc2ccccc21)C([SH]1C=Cc2ccccc21)[SH]1C=Cc2ccccc21. The highest BCUT2D eigenvalue weighted by molar-refractivity contribution is 8.51. The van der Waals surface area contributed by atoms with Crippen LogP contribution in [0.15, 0.2) is 138 Å². The maximum Gasteiger partial charge on any atom is 0.189 e. The van der Waals surface area contributed by atoms with Gasteiger partial charge in [0.2, 0.25) is 0 Å². The van der Waals surface area contributed by atoms with Crippen molar-refractivity contribution in [1.29, 1.82) is 0 Å². The van der Waals surface area contributed by atoms with Crippen LogP contribution in [0.2, 0.25) is 0 Å². The Hall–Kier alpha value is -2.81. The van der Waals surface area contributed by atoms with Crippen LogP contribution in [0, 0.1) is 0 Å². The molecule has 0 saturated carbocycles. The molecule has 0 fully saturated rings. The largest absolute Gasteiger partial charge is 0.225 e. The maximum atomic E-state index is 15.7. The average Bonchev–Trinajstić information content (AvgIpc) is 3.80. The zero-order valence-corrected chi connectivity index (χ0v) is 26.4. The molecule has 0 amide bonds. The summed E-state index contributed by atoms with van der Waals surface area (Å²) in [5.41, 5.74) is 4.65. The second kappa shape index (κ2) is 10.2. The van der Waals surface area contributed by atoms with Crippen LogP contribution in [0.3, 0.4) is 0 Å². The molecule has 2 nitrogen and oxygen atoms in total. The van der Waals surface area contributed by atoms with Crippen LogP contribution < -0.4 is 0 Å². The van der Waals surface area contributed by atoms with Gasteiger partial charge in [0.05, 0.1) is 0 Å². The topological polar surface area (TPSA) is 34.1 Å². The number of hydrogen-bond donors (Lipinski definition) is 4. The second-order valence-corrected chi connectivity index (χ2v) is 23.1. The normalized spacial score (nSPS) is 27.7. The van der Waals surface area contributed by atoms with Gasteiger partial charge < -0.3 is 0 Å². The van der Waals surface area contributed by atoms with Gasteiger partial charge in [-0.15, -0.1) is 0 Å². The summed E-state index contributed by atoms with van der Waals surface area (Å²) in [5, 5.41) is 8.92. The van der Waals surface area contributed by atoms with Crippen molar-refractivity contribution in [3.8, 4) is 0 Å². The number of hydrogen-bond acceptors (Lipinski definition) is 2. The van der Waals surface area contributed by atoms with E-state index in [2.05, 4.69) is 143 Å². The maximum absolute atomic E-state index is 15.7. The minimum Gasteiger partial charge on any atom is -0.225 e. The van der Waals surface area contributed by atoms with Gasteiger partial charge in [-0.05, 0) is 92.5 Å². The van der Waals surface area contributed by atoms with Gasteiger partial charge in [-0.1, -0.05) is 72.8 Å². The van der Waals surface area contributed by atoms with E-state index < -0.39 is 61.2 Å². The molecule has 0 N–H and O–H groups in total. The fourth-order valence-electron chi connectivity index (χ4n) is 6.20. The van der Waals surface area contributed by atoms with Crippen molar-refractivity contribution in [2.75, 3.05) is 0 Å². The van der Waals surface area contributed by atoms with Crippen molar-refractivity contribution in [3.05, 3.63) is 141 Å². The molecule has 0 aliphatic carbocycles. The summed E-state index contributed by atoms with van der Waals surface area (Å²) in [4.78, 5) is 4.78. The van der Waals surface area contributed by atoms with Crippen molar-refractivity contribution in [2.24, 2.45) is 0 Å². The van der Waals surface area contributed by atoms with Crippen molar-refractivity contribution >= 4 is 77.7 Å². The molecule has 0 spiro atoms. The van der Waals surface area contributed by atoms with Crippen molar-refractivity contribution in [2.45, 2.75) is 27.4 Å². The van der Waals surface area contributed by atoms with Gasteiger partial charge in [0.15, 0.2) is 9.84 Å². The highest BCUT2D eigenvalue weighted by Gasteiger charge is 2.48. The summed E-state index contributed by atoms with van der Waals surface area (Å²) in [6, 6.07) is 33.6. The quantitative estimate of drug-likeness (QED) is 0.160. The van der Waals surface area contributed by atoms with E-state index in [1.165, 1.54) is 19.6 Å². The number of benzene rings is 4. The summed E-state index contributed by atoms with van der Waals surface area (Å²) in [6.07, 6.45) is 8.63. The lowest BCUT2D eigenvalue weighted by Crippen LogP contribution is -2.31. The van der Waals surface area contributed by atoms with E-state index in [9.17, 15) is 0 Å². The molecule has 0 saturated heterocycles. The minimum absolute atomic E-state index is 0.482. The van der Waals surface area contributed by atoms with E-state index >= 15 is 8.42 Å². The van der Waals surface area contributed by atoms with Crippen LogP contribution in [0.1, 0.15) is 22.3 Å². The minimum atomic E-state index is -3.66. The van der Waals surface area contributed by atoms with E-state index in [1.54, 1.807) is 0 Å². The molecule has 4 heterocycles. The molecular formula is C34H30O2S5. The van der Waals surface area contributed by atoms with Crippen LogP contribution in [0.4, 0.5) is 0 Å². The van der Waals surface area contributed by atoms with Gasteiger partial charge in [-0.25, -0.2) is 8.42 Å². The zero-order chi connectivity index (χ0) is 27.6. The molecule has 208 valence electrons. The van der Waals surface area contributed by atoms with Crippen LogP contribution in [-0.4, -0.2) is 16.2 Å². The Balaban J connectivity index is 1.34. The third-order valence-electron chi connectivity index (χ3n) is 8.06. The number of rotatable bonds is 6. The van der Waals surface area contributed by atoms with E-state index in [-0.39, 0.29) is 0 Å². The van der Waals surface area contributed by atoms with Crippen LogP contribution in [0.5, 0.6) is 0 Å². The summed E-state index contributed by atoms with van der Waals surface area (Å²) >= 11 is 0. The molecule has 4 aromatic carbocycles. The Bertz CT molecular complexity index is 1670. The van der Waals surface area contributed by atoms with Gasteiger partial charge in [0.1, 0.15) is 7.83 Å². The number of sulfone groups is 1. The van der Waals surface area contributed by atoms with Crippen molar-refractivity contribution < 1.29 is 8.42 Å². The first-order valence-electron chi connectivity index (χ1n) is 13.6. The van der Waals surface area contributed by atoms with E-state index in [1.807, 2.05) is 0 Å². The molecule has 0 aromatic heterocycles. The van der Waals surface area contributed by atoms with E-state index in [4.69, 9.17) is 0 Å². The first-order chi connectivity index (χ1) is 20.1. The molecule has 4 aliphatic rings. The smallest absolute Gasteiger partial charge is 0.189 e. The lowest BCUT2D eigenvalue weighted by atomic mass is 10.2. The Morgan fingerprint density at radius 2 is 0.634 bits per heavy atom. The monoisotopic (exact) mass is 630 g/mol. The van der Waals surface area contributed by atoms with Crippen LogP contribution >= 0.6 is 43.6 Å². The van der Waals surface area contributed by atoms with Crippen molar-refractivity contribution in [1.82, 2.24) is 0 Å². The van der Waals surface area contributed by atoms with Crippen LogP contribution in [-0.2, 0) is 9.84 Å². The molecule has 41 heavy (non-hydrogen) atoms. The Morgan fingerprint density at radius 1 is 0.390 bits per heavy atom. The average molecular weight is 631 g/mol. The first kappa shape index (κ1) is 25.9. The van der Waals surface area contributed by atoms with Gasteiger partial charge >= 0.3 is 0 Å². The highest BCUT2D eigenvalue weighted by Crippen LogP contribution is 2.71. The summed E-state index contributed by atoms with van der Waals surface area (Å²) in [7, 11) is -7.91. The molecule has 7 heteroatoms. The summed E-state index contributed by atoms with van der Waals surface area (Å²) < 4.78 is 30.5. The fourth-order valence-corrected chi connectivity index (χ4v) is 27.2. The Labute approximate surface area is 252 Å². The lowest BCUT2D eigenvalue weighted by Gasteiger charge is -2.41. The third kappa shape index (κ3) is 4.16. The third-order valence-corrected chi connectivity index (χ3v) is 26.1. The first-order valence-corrected chi connectivity index (χ1v) is 21.1. The number of thiol groups is 4. The van der Waals surface area contributed by atoms with Gasteiger partial charge in [0.25, 0.3) is 0 Å². The number of fused-ring (bicyclic) bond motifs is 4. The fraction of sp³-hybridized carbons (Fsp3) is 0.0588. The molecule has 4 aliphatic heterocycles. The van der Waals surface area contributed by atoms with E-state index in [0.717, 1.165) is 22.3 Å². The van der Waals surface area contributed by atoms with Gasteiger partial charge in [0, 0.05) is 19.6 Å². The molecule has 4 atom stereocenters. The van der Waals surface area contributed by atoms with Crippen molar-refractivity contribution in [3.63, 3.8) is 0 Å². The molecular weight excluding hydrogens is 601 g/mol. The van der Waals surface area contributed by atoms with Crippen LogP contribution in [0.25, 0.3) is 24.3 Å².